The Kier molecular flexibility index (Phi) is 5.35. The monoisotopic (exact) mass is 512 g/mol. The van der Waals surface area contributed by atoms with Crippen LogP contribution in [0.3, 0.4) is 0 Å². The molecule has 0 N–H and O–H groups in total. The minimum Gasteiger partial charge on any atom is -0.419 e. The van der Waals surface area contributed by atoms with Crippen LogP contribution in [0.1, 0.15) is 11.1 Å². The molecule has 1 aliphatic rings. The molecule has 4 aromatic rings. The minimum absolute atomic E-state index is 0.0341. The van der Waals surface area contributed by atoms with E-state index in [0.29, 0.717) is 18.7 Å². The average molecular weight is 513 g/mol. The second-order valence-corrected chi connectivity index (χ2v) is 10.3. The Morgan fingerprint density at radius 1 is 0.938 bits per heavy atom. The first-order valence-electron chi connectivity index (χ1n) is 10.0. The third kappa shape index (κ3) is 3.84. The number of hydrogen-bond acceptors (Lipinski definition) is 5. The van der Waals surface area contributed by atoms with E-state index >= 15 is 0 Å². The summed E-state index contributed by atoms with van der Waals surface area (Å²) in [5, 5.41) is -0.165. The molecule has 3 aromatic carbocycles. The van der Waals surface area contributed by atoms with E-state index in [4.69, 9.17) is 4.42 Å². The lowest BCUT2D eigenvalue weighted by Crippen LogP contribution is -2.31. The van der Waals surface area contributed by atoms with Gasteiger partial charge in [-0.25, -0.2) is 12.8 Å². The number of halogens is 2. The molecule has 0 saturated carbocycles. The minimum atomic E-state index is -4.03. The fourth-order valence-electron chi connectivity index (χ4n) is 3.78. The van der Waals surface area contributed by atoms with Gasteiger partial charge >= 0.3 is 0 Å². The summed E-state index contributed by atoms with van der Waals surface area (Å²) in [4.78, 5) is 6.27. The van der Waals surface area contributed by atoms with Crippen molar-refractivity contribution in [2.24, 2.45) is 0 Å². The standard InChI is InChI=1S/C24H18BrFN2O3S/c25-19-7-5-17(6-8-19)22-27-23(32(29,30)21-11-9-20(26)10-12-21)24(31-22)28-14-13-16-3-1-2-4-18(16)15-28/h1-12H,13-15H2. The van der Waals surface area contributed by atoms with E-state index in [0.717, 1.165) is 28.6 Å². The molecule has 0 amide bonds. The van der Waals surface area contributed by atoms with Gasteiger partial charge in [0.2, 0.25) is 26.6 Å². The van der Waals surface area contributed by atoms with Crippen molar-refractivity contribution in [3.63, 3.8) is 0 Å². The SMILES string of the molecule is O=S(=O)(c1ccc(F)cc1)c1nc(-c2ccc(Br)cc2)oc1N1CCc2ccccc2C1. The van der Waals surface area contributed by atoms with Crippen molar-refractivity contribution in [2.75, 3.05) is 11.4 Å². The lowest BCUT2D eigenvalue weighted by molar-refractivity contribution is 0.533. The molecule has 0 saturated heterocycles. The maximum Gasteiger partial charge on any atom is 0.236 e. The predicted octanol–water partition coefficient (Wildman–Crippen LogP) is 5.64. The van der Waals surface area contributed by atoms with Gasteiger partial charge in [0.15, 0.2) is 0 Å². The van der Waals surface area contributed by atoms with Gasteiger partial charge < -0.3 is 9.32 Å². The van der Waals surface area contributed by atoms with Gasteiger partial charge in [0.25, 0.3) is 0 Å². The molecule has 2 heterocycles. The molecule has 0 spiro atoms. The number of oxazole rings is 1. The molecule has 0 aliphatic carbocycles. The average Bonchev–Trinajstić information content (AvgIpc) is 3.26. The summed E-state index contributed by atoms with van der Waals surface area (Å²) >= 11 is 3.40. The van der Waals surface area contributed by atoms with Crippen molar-refractivity contribution in [3.8, 4) is 11.5 Å². The Hall–Kier alpha value is -2.97. The molecule has 162 valence electrons. The number of anilines is 1. The van der Waals surface area contributed by atoms with Gasteiger partial charge in [-0.15, -0.1) is 0 Å². The quantitative estimate of drug-likeness (QED) is 0.331. The Balaban J connectivity index is 1.63. The highest BCUT2D eigenvalue weighted by atomic mass is 79.9. The molecule has 32 heavy (non-hydrogen) atoms. The third-order valence-corrected chi connectivity index (χ3v) is 7.66. The van der Waals surface area contributed by atoms with Crippen molar-refractivity contribution in [3.05, 3.63) is 94.2 Å². The summed E-state index contributed by atoms with van der Waals surface area (Å²) in [5.41, 5.74) is 3.01. The summed E-state index contributed by atoms with van der Waals surface area (Å²) in [7, 11) is -4.03. The molecular weight excluding hydrogens is 495 g/mol. The molecule has 0 bridgehead atoms. The van der Waals surface area contributed by atoms with Gasteiger partial charge in [-0.2, -0.15) is 4.98 Å². The van der Waals surface area contributed by atoms with Crippen LogP contribution in [0.5, 0.6) is 0 Å². The largest absolute Gasteiger partial charge is 0.419 e. The summed E-state index contributed by atoms with van der Waals surface area (Å²) in [5.74, 6) is -0.0960. The van der Waals surface area contributed by atoms with Crippen LogP contribution in [0, 0.1) is 5.82 Å². The highest BCUT2D eigenvalue weighted by Crippen LogP contribution is 2.37. The number of hydrogen-bond donors (Lipinski definition) is 0. The molecule has 0 radical (unpaired) electrons. The molecular formula is C24H18BrFN2O3S. The fraction of sp³-hybridized carbons (Fsp3) is 0.125. The summed E-state index contributed by atoms with van der Waals surface area (Å²) in [6.07, 6.45) is 0.764. The summed E-state index contributed by atoms with van der Waals surface area (Å²) in [6.45, 7) is 1.11. The Morgan fingerprint density at radius 3 is 2.34 bits per heavy atom. The highest BCUT2D eigenvalue weighted by molar-refractivity contribution is 9.10. The molecule has 5 rings (SSSR count). The van der Waals surface area contributed by atoms with Crippen LogP contribution in [-0.2, 0) is 22.8 Å². The fourth-order valence-corrected chi connectivity index (χ4v) is 5.37. The zero-order valence-corrected chi connectivity index (χ0v) is 19.2. The van der Waals surface area contributed by atoms with Gasteiger partial charge in [-0.1, -0.05) is 40.2 Å². The van der Waals surface area contributed by atoms with E-state index in [-0.39, 0.29) is 21.7 Å². The lowest BCUT2D eigenvalue weighted by atomic mass is 10.0. The topological polar surface area (TPSA) is 63.4 Å². The van der Waals surface area contributed by atoms with Crippen molar-refractivity contribution in [1.29, 1.82) is 0 Å². The van der Waals surface area contributed by atoms with Gasteiger partial charge in [-0.3, -0.25) is 0 Å². The van der Waals surface area contributed by atoms with E-state index in [1.165, 1.54) is 17.7 Å². The van der Waals surface area contributed by atoms with Gasteiger partial charge in [0.05, 0.1) is 4.90 Å². The molecule has 0 atom stereocenters. The normalized spacial score (nSPS) is 13.8. The first-order chi connectivity index (χ1) is 15.4. The molecule has 0 fully saturated rings. The third-order valence-electron chi connectivity index (χ3n) is 5.47. The smallest absolute Gasteiger partial charge is 0.236 e. The number of rotatable bonds is 4. The number of fused-ring (bicyclic) bond motifs is 1. The maximum absolute atomic E-state index is 13.5. The molecule has 1 aromatic heterocycles. The van der Waals surface area contributed by atoms with Crippen molar-refractivity contribution in [2.45, 2.75) is 22.9 Å². The summed E-state index contributed by atoms with van der Waals surface area (Å²) in [6, 6.07) is 20.1. The molecule has 1 aliphatic heterocycles. The van der Waals surface area contributed by atoms with Crippen LogP contribution in [0.25, 0.3) is 11.5 Å². The van der Waals surface area contributed by atoms with Crippen LogP contribution >= 0.6 is 15.9 Å². The number of sulfone groups is 1. The zero-order chi connectivity index (χ0) is 22.3. The molecule has 0 unspecified atom stereocenters. The number of aromatic nitrogens is 1. The van der Waals surface area contributed by atoms with Crippen molar-refractivity contribution in [1.82, 2.24) is 4.98 Å². The van der Waals surface area contributed by atoms with Gasteiger partial charge in [0.1, 0.15) is 5.82 Å². The van der Waals surface area contributed by atoms with E-state index < -0.39 is 15.7 Å². The summed E-state index contributed by atoms with van der Waals surface area (Å²) < 4.78 is 47.3. The first-order valence-corrected chi connectivity index (χ1v) is 12.3. The van der Waals surface area contributed by atoms with E-state index in [9.17, 15) is 12.8 Å². The van der Waals surface area contributed by atoms with Crippen molar-refractivity contribution >= 4 is 31.7 Å². The lowest BCUT2D eigenvalue weighted by Gasteiger charge is -2.28. The van der Waals surface area contributed by atoms with Crippen LogP contribution in [0.15, 0.2) is 91.6 Å². The zero-order valence-electron chi connectivity index (χ0n) is 16.8. The van der Waals surface area contributed by atoms with Gasteiger partial charge in [0, 0.05) is 23.1 Å². The number of benzene rings is 3. The Labute approximate surface area is 193 Å². The van der Waals surface area contributed by atoms with E-state index in [2.05, 4.69) is 27.0 Å². The molecule has 5 nitrogen and oxygen atoms in total. The van der Waals surface area contributed by atoms with E-state index in [1.54, 1.807) is 12.1 Å². The van der Waals surface area contributed by atoms with Gasteiger partial charge in [-0.05, 0) is 66.1 Å². The van der Waals surface area contributed by atoms with Crippen LogP contribution in [-0.4, -0.2) is 19.9 Å². The second-order valence-electron chi connectivity index (χ2n) is 7.53. The predicted molar refractivity (Wildman–Crippen MR) is 123 cm³/mol. The van der Waals surface area contributed by atoms with E-state index in [1.807, 2.05) is 35.2 Å². The number of nitrogens with zero attached hydrogens (tertiary/aromatic N) is 2. The first kappa shape index (κ1) is 20.9. The van der Waals surface area contributed by atoms with Crippen LogP contribution < -0.4 is 4.90 Å². The Bertz CT molecular complexity index is 1380. The second kappa shape index (κ2) is 8.18. The van der Waals surface area contributed by atoms with Crippen LogP contribution in [0.2, 0.25) is 0 Å². The Morgan fingerprint density at radius 2 is 1.62 bits per heavy atom. The van der Waals surface area contributed by atoms with Crippen LogP contribution in [0.4, 0.5) is 10.3 Å². The highest BCUT2D eigenvalue weighted by Gasteiger charge is 2.32. The van der Waals surface area contributed by atoms with Crippen molar-refractivity contribution < 1.29 is 17.2 Å². The maximum atomic E-state index is 13.5. The molecule has 8 heteroatoms.